The molecule has 1 rings (SSSR count). The molecule has 0 radical (unpaired) electrons. The van der Waals surface area contributed by atoms with Gasteiger partial charge in [0.05, 0.1) is 0 Å². The molecule has 0 saturated carbocycles. The summed E-state index contributed by atoms with van der Waals surface area (Å²) >= 11 is 5.08. The molecule has 13 heavy (non-hydrogen) atoms. The first kappa shape index (κ1) is 10.6. The summed E-state index contributed by atoms with van der Waals surface area (Å²) in [6.07, 6.45) is 0.831. The molecular formula is C9H16N2OS. The van der Waals surface area contributed by atoms with Gasteiger partial charge in [-0.3, -0.25) is 4.79 Å². The second-order valence-electron chi connectivity index (χ2n) is 4.34. The maximum atomic E-state index is 11.6. The van der Waals surface area contributed by atoms with Crippen molar-refractivity contribution in [3.8, 4) is 0 Å². The predicted octanol–water partition coefficient (Wildman–Crippen LogP) is 0.633. The number of carbonyl (C=O) groups is 1. The highest BCUT2D eigenvalue weighted by Gasteiger charge is 2.29. The van der Waals surface area contributed by atoms with Crippen LogP contribution in [0.3, 0.4) is 0 Å². The zero-order chi connectivity index (χ0) is 10.1. The average Bonchev–Trinajstić information content (AvgIpc) is 2.30. The van der Waals surface area contributed by atoms with Gasteiger partial charge in [-0.05, 0) is 27.2 Å². The lowest BCUT2D eigenvalue weighted by atomic mass is 10.1. The van der Waals surface area contributed by atoms with Crippen molar-refractivity contribution < 1.29 is 4.79 Å². The van der Waals surface area contributed by atoms with E-state index < -0.39 is 0 Å². The fraction of sp³-hybridized carbons (Fsp3) is 0.778. The van der Waals surface area contributed by atoms with E-state index in [2.05, 4.69) is 10.6 Å². The fourth-order valence-corrected chi connectivity index (χ4v) is 1.57. The number of nitrogens with one attached hydrogen (secondary N) is 2. The Bertz CT molecular complexity index is 232. The van der Waals surface area contributed by atoms with Crippen molar-refractivity contribution in [2.24, 2.45) is 0 Å². The van der Waals surface area contributed by atoms with E-state index in [1.54, 1.807) is 0 Å². The number of rotatable bonds is 1. The molecule has 0 aliphatic carbocycles. The Morgan fingerprint density at radius 1 is 1.62 bits per heavy atom. The minimum Gasteiger partial charge on any atom is -0.350 e. The number of carbonyl (C=O) groups excluding carboxylic acids is 1. The van der Waals surface area contributed by atoms with Gasteiger partial charge in [-0.2, -0.15) is 0 Å². The van der Waals surface area contributed by atoms with Gasteiger partial charge >= 0.3 is 0 Å². The van der Waals surface area contributed by atoms with Gasteiger partial charge in [-0.25, -0.2) is 0 Å². The van der Waals surface area contributed by atoms with Gasteiger partial charge in [0.25, 0.3) is 0 Å². The van der Waals surface area contributed by atoms with E-state index in [9.17, 15) is 4.79 Å². The van der Waals surface area contributed by atoms with Crippen LogP contribution in [0, 0.1) is 0 Å². The van der Waals surface area contributed by atoms with Crippen molar-refractivity contribution in [1.82, 2.24) is 10.6 Å². The molecule has 0 aromatic heterocycles. The third-order valence-corrected chi connectivity index (χ3v) is 2.24. The van der Waals surface area contributed by atoms with Crippen molar-refractivity contribution >= 4 is 23.0 Å². The largest absolute Gasteiger partial charge is 0.350 e. The van der Waals surface area contributed by atoms with E-state index in [1.165, 1.54) is 0 Å². The van der Waals surface area contributed by atoms with E-state index >= 15 is 0 Å². The van der Waals surface area contributed by atoms with Crippen LogP contribution >= 0.6 is 12.2 Å². The molecular weight excluding hydrogens is 184 g/mol. The molecule has 1 aliphatic heterocycles. The summed E-state index contributed by atoms with van der Waals surface area (Å²) in [5.41, 5.74) is -0.184. The minimum absolute atomic E-state index is 0.00463. The van der Waals surface area contributed by atoms with E-state index in [4.69, 9.17) is 12.2 Å². The van der Waals surface area contributed by atoms with E-state index in [-0.39, 0.29) is 17.5 Å². The molecule has 1 saturated heterocycles. The summed E-state index contributed by atoms with van der Waals surface area (Å²) in [5.74, 6) is -0.00463. The normalized spacial score (nSPS) is 23.3. The van der Waals surface area contributed by atoms with Crippen molar-refractivity contribution in [2.75, 3.05) is 6.54 Å². The first-order valence-electron chi connectivity index (χ1n) is 4.48. The zero-order valence-corrected chi connectivity index (χ0v) is 9.12. The Labute approximate surface area is 84.3 Å². The van der Waals surface area contributed by atoms with Crippen molar-refractivity contribution in [2.45, 2.75) is 38.8 Å². The van der Waals surface area contributed by atoms with Gasteiger partial charge < -0.3 is 10.6 Å². The molecule has 0 unspecified atom stereocenters. The molecule has 1 aliphatic rings. The summed E-state index contributed by atoms with van der Waals surface area (Å²) in [4.78, 5) is 12.4. The molecule has 0 bridgehead atoms. The summed E-state index contributed by atoms with van der Waals surface area (Å²) in [5, 5.41) is 5.98. The topological polar surface area (TPSA) is 41.1 Å². The minimum atomic E-state index is -0.255. The number of amides is 1. The van der Waals surface area contributed by atoms with Gasteiger partial charge in [0, 0.05) is 16.9 Å². The molecule has 0 aromatic rings. The van der Waals surface area contributed by atoms with Crippen LogP contribution < -0.4 is 10.6 Å². The van der Waals surface area contributed by atoms with E-state index in [0.717, 1.165) is 17.8 Å². The van der Waals surface area contributed by atoms with Crippen LogP contribution in [0.15, 0.2) is 0 Å². The summed E-state index contributed by atoms with van der Waals surface area (Å²) in [6.45, 7) is 6.70. The van der Waals surface area contributed by atoms with E-state index in [0.29, 0.717) is 0 Å². The molecule has 4 heteroatoms. The first-order chi connectivity index (χ1) is 5.90. The second-order valence-corrected chi connectivity index (χ2v) is 4.87. The molecule has 0 spiro atoms. The zero-order valence-electron chi connectivity index (χ0n) is 8.31. The number of hydrogen-bond donors (Lipinski definition) is 2. The fourth-order valence-electron chi connectivity index (χ4n) is 1.28. The lowest BCUT2D eigenvalue weighted by Crippen LogP contribution is -2.50. The summed E-state index contributed by atoms with van der Waals surface area (Å²) in [7, 11) is 0. The van der Waals surface area contributed by atoms with Crippen LogP contribution in [0.25, 0.3) is 0 Å². The van der Waals surface area contributed by atoms with Crippen LogP contribution in [0.2, 0.25) is 0 Å². The highest BCUT2D eigenvalue weighted by molar-refractivity contribution is 7.80. The van der Waals surface area contributed by atoms with Crippen molar-refractivity contribution in [1.29, 1.82) is 0 Å². The van der Waals surface area contributed by atoms with Gasteiger partial charge in [0.1, 0.15) is 6.04 Å². The Morgan fingerprint density at radius 2 is 2.23 bits per heavy atom. The molecule has 1 fully saturated rings. The second kappa shape index (κ2) is 3.72. The molecule has 1 atom stereocenters. The van der Waals surface area contributed by atoms with Crippen molar-refractivity contribution in [3.63, 3.8) is 0 Å². The Morgan fingerprint density at radius 3 is 2.62 bits per heavy atom. The first-order valence-corrected chi connectivity index (χ1v) is 4.89. The van der Waals surface area contributed by atoms with Crippen LogP contribution in [0.1, 0.15) is 27.2 Å². The lowest BCUT2D eigenvalue weighted by molar-refractivity contribution is -0.122. The highest BCUT2D eigenvalue weighted by atomic mass is 32.1. The monoisotopic (exact) mass is 200 g/mol. The highest BCUT2D eigenvalue weighted by Crippen LogP contribution is 2.06. The maximum absolute atomic E-state index is 11.6. The third kappa shape index (κ3) is 3.04. The molecule has 0 aromatic carbocycles. The van der Waals surface area contributed by atoms with Gasteiger partial charge in [-0.1, -0.05) is 12.2 Å². The molecule has 3 nitrogen and oxygen atoms in total. The third-order valence-electron chi connectivity index (χ3n) is 1.80. The summed E-state index contributed by atoms with van der Waals surface area (Å²) in [6, 6.07) is -0.255. The van der Waals surface area contributed by atoms with Gasteiger partial charge in [0.2, 0.25) is 5.91 Å². The quantitative estimate of drug-likeness (QED) is 0.610. The van der Waals surface area contributed by atoms with Crippen LogP contribution in [0.5, 0.6) is 0 Å². The maximum Gasteiger partial charge on any atom is 0.242 e. The smallest absolute Gasteiger partial charge is 0.242 e. The standard InChI is InChI=1S/C9H16N2OS/c1-9(2,3)11-8(12)7-6(13)4-5-10-7/h7,10H,4-5H2,1-3H3,(H,11,12)/t7-/m0/s1. The Kier molecular flexibility index (Phi) is 3.03. The van der Waals surface area contributed by atoms with Gasteiger partial charge in [0.15, 0.2) is 0 Å². The van der Waals surface area contributed by atoms with Gasteiger partial charge in [-0.15, -0.1) is 0 Å². The van der Waals surface area contributed by atoms with Crippen LogP contribution in [-0.4, -0.2) is 28.9 Å². The van der Waals surface area contributed by atoms with Crippen molar-refractivity contribution in [3.05, 3.63) is 0 Å². The average molecular weight is 200 g/mol. The molecule has 2 N–H and O–H groups in total. The van der Waals surface area contributed by atoms with Crippen LogP contribution in [0.4, 0.5) is 0 Å². The molecule has 74 valence electrons. The Hall–Kier alpha value is -0.480. The van der Waals surface area contributed by atoms with E-state index in [1.807, 2.05) is 20.8 Å². The lowest BCUT2D eigenvalue weighted by Gasteiger charge is -2.23. The molecule has 1 amide bonds. The van der Waals surface area contributed by atoms with Crippen LogP contribution in [-0.2, 0) is 4.79 Å². The number of thiocarbonyl (C=S) groups is 1. The molecule has 1 heterocycles. The Balaban J connectivity index is 2.53. The predicted molar refractivity (Wildman–Crippen MR) is 56.9 cm³/mol. The SMILES string of the molecule is CC(C)(C)NC(=O)[C@H]1NCCC1=S. The number of hydrogen-bond acceptors (Lipinski definition) is 3. The summed E-state index contributed by atoms with van der Waals surface area (Å²) < 4.78 is 0.